The molecule has 1 unspecified atom stereocenters. The second kappa shape index (κ2) is 3.44. The fourth-order valence-corrected chi connectivity index (χ4v) is 1.79. The van der Waals surface area contributed by atoms with Crippen LogP contribution >= 0.6 is 0 Å². The van der Waals surface area contributed by atoms with E-state index in [4.69, 9.17) is 9.52 Å². The molecule has 0 fully saturated rings. The Balaban J connectivity index is 2.21. The van der Waals surface area contributed by atoms with Gasteiger partial charge in [-0.25, -0.2) is 4.98 Å². The molecule has 1 N–H and O–H groups in total. The number of fused-ring (bicyclic) bond motifs is 1. The number of nitrogens with zero attached hydrogens (tertiary/aromatic N) is 1. The molecule has 0 saturated carbocycles. The molecular formula is C10H13NO3. The number of rotatable bonds is 2. The minimum absolute atomic E-state index is 0.280. The van der Waals surface area contributed by atoms with Crippen LogP contribution in [0, 0.1) is 5.92 Å². The van der Waals surface area contributed by atoms with Gasteiger partial charge in [-0.15, -0.1) is 0 Å². The molecule has 0 aromatic carbocycles. The van der Waals surface area contributed by atoms with E-state index in [1.165, 1.54) is 0 Å². The van der Waals surface area contributed by atoms with E-state index in [-0.39, 0.29) is 5.92 Å². The average Bonchev–Trinajstić information content (AvgIpc) is 2.58. The maximum atomic E-state index is 10.8. The lowest BCUT2D eigenvalue weighted by Crippen LogP contribution is -2.21. The summed E-state index contributed by atoms with van der Waals surface area (Å²) in [5, 5.41) is 8.87. The lowest BCUT2D eigenvalue weighted by atomic mass is 9.90. The summed E-state index contributed by atoms with van der Waals surface area (Å²) in [6, 6.07) is 0. The first kappa shape index (κ1) is 9.24. The van der Waals surface area contributed by atoms with Crippen LogP contribution in [0.1, 0.15) is 30.7 Å². The zero-order valence-corrected chi connectivity index (χ0v) is 8.12. The highest BCUT2D eigenvalue weighted by molar-refractivity contribution is 5.70. The van der Waals surface area contributed by atoms with Crippen molar-refractivity contribution in [3.05, 3.63) is 17.3 Å². The molecule has 0 aliphatic heterocycles. The van der Waals surface area contributed by atoms with Gasteiger partial charge < -0.3 is 9.52 Å². The molecular weight excluding hydrogens is 182 g/mol. The van der Waals surface area contributed by atoms with Gasteiger partial charge >= 0.3 is 5.97 Å². The van der Waals surface area contributed by atoms with Crippen molar-refractivity contribution < 1.29 is 14.3 Å². The lowest BCUT2D eigenvalue weighted by Gasteiger charge is -2.15. The van der Waals surface area contributed by atoms with Gasteiger partial charge in [-0.05, 0) is 6.42 Å². The van der Waals surface area contributed by atoms with Crippen LogP contribution < -0.4 is 0 Å². The lowest BCUT2D eigenvalue weighted by molar-refractivity contribution is -0.142. The highest BCUT2D eigenvalue weighted by Gasteiger charge is 2.27. The van der Waals surface area contributed by atoms with Gasteiger partial charge in [-0.1, -0.05) is 6.92 Å². The van der Waals surface area contributed by atoms with Crippen molar-refractivity contribution in [1.82, 2.24) is 4.98 Å². The van der Waals surface area contributed by atoms with Crippen LogP contribution in [0.5, 0.6) is 0 Å². The van der Waals surface area contributed by atoms with E-state index < -0.39 is 5.97 Å². The fraction of sp³-hybridized carbons (Fsp3) is 0.600. The van der Waals surface area contributed by atoms with E-state index in [1.807, 2.05) is 6.92 Å². The van der Waals surface area contributed by atoms with E-state index in [2.05, 4.69) is 4.98 Å². The Kier molecular flexibility index (Phi) is 2.27. The highest BCUT2D eigenvalue weighted by Crippen LogP contribution is 2.26. The van der Waals surface area contributed by atoms with Gasteiger partial charge in [0.05, 0.1) is 11.6 Å². The molecule has 2 rings (SSSR count). The minimum Gasteiger partial charge on any atom is -0.481 e. The van der Waals surface area contributed by atoms with Crippen LogP contribution in [0.4, 0.5) is 0 Å². The predicted molar refractivity (Wildman–Crippen MR) is 49.0 cm³/mol. The SMILES string of the molecule is CCc1nc2c(o1)CCC(C(=O)O)C2. The van der Waals surface area contributed by atoms with Gasteiger partial charge in [0.2, 0.25) is 0 Å². The molecule has 1 heterocycles. The monoisotopic (exact) mass is 195 g/mol. The number of aromatic nitrogens is 1. The Morgan fingerprint density at radius 1 is 1.71 bits per heavy atom. The number of aryl methyl sites for hydroxylation is 2. The molecule has 1 aliphatic rings. The molecule has 0 radical (unpaired) electrons. The molecule has 4 nitrogen and oxygen atoms in total. The molecule has 0 saturated heterocycles. The number of oxazole rings is 1. The van der Waals surface area contributed by atoms with Crippen LogP contribution in [0.3, 0.4) is 0 Å². The molecule has 0 amide bonds. The summed E-state index contributed by atoms with van der Waals surface area (Å²) in [6.07, 6.45) is 2.67. The molecule has 1 aromatic heterocycles. The summed E-state index contributed by atoms with van der Waals surface area (Å²) in [5.74, 6) is 0.606. The molecule has 1 aromatic rings. The molecule has 0 spiro atoms. The smallest absolute Gasteiger partial charge is 0.306 e. The topological polar surface area (TPSA) is 63.3 Å². The first-order chi connectivity index (χ1) is 6.70. The quantitative estimate of drug-likeness (QED) is 0.775. The van der Waals surface area contributed by atoms with Crippen LogP contribution in [0.25, 0.3) is 0 Å². The van der Waals surface area contributed by atoms with E-state index >= 15 is 0 Å². The van der Waals surface area contributed by atoms with E-state index in [1.54, 1.807) is 0 Å². The predicted octanol–water partition coefficient (Wildman–Crippen LogP) is 1.43. The molecule has 4 heteroatoms. The van der Waals surface area contributed by atoms with Crippen molar-refractivity contribution in [2.24, 2.45) is 5.92 Å². The third-order valence-corrected chi connectivity index (χ3v) is 2.63. The van der Waals surface area contributed by atoms with Gasteiger partial charge in [-0.3, -0.25) is 4.79 Å². The second-order valence-electron chi connectivity index (χ2n) is 3.61. The number of carboxylic acids is 1. The zero-order chi connectivity index (χ0) is 10.1. The molecule has 0 bridgehead atoms. The van der Waals surface area contributed by atoms with Crippen molar-refractivity contribution in [2.45, 2.75) is 32.6 Å². The van der Waals surface area contributed by atoms with Crippen molar-refractivity contribution in [3.63, 3.8) is 0 Å². The Morgan fingerprint density at radius 3 is 3.14 bits per heavy atom. The molecule has 1 aliphatic carbocycles. The Hall–Kier alpha value is -1.32. The van der Waals surface area contributed by atoms with Crippen LogP contribution in [0.15, 0.2) is 4.42 Å². The fourth-order valence-electron chi connectivity index (χ4n) is 1.79. The van der Waals surface area contributed by atoms with Gasteiger partial charge in [-0.2, -0.15) is 0 Å². The summed E-state index contributed by atoms with van der Waals surface area (Å²) < 4.78 is 5.48. The van der Waals surface area contributed by atoms with Gasteiger partial charge in [0.1, 0.15) is 5.76 Å². The number of aliphatic carboxylic acids is 1. The number of carboxylic acid groups (broad SMARTS) is 1. The Labute approximate surface area is 81.9 Å². The van der Waals surface area contributed by atoms with Crippen molar-refractivity contribution >= 4 is 5.97 Å². The summed E-state index contributed by atoms with van der Waals surface area (Å²) in [6.45, 7) is 1.98. The summed E-state index contributed by atoms with van der Waals surface area (Å²) in [7, 11) is 0. The number of hydrogen-bond donors (Lipinski definition) is 1. The summed E-state index contributed by atoms with van der Waals surface area (Å²) >= 11 is 0. The number of carbonyl (C=O) groups is 1. The zero-order valence-electron chi connectivity index (χ0n) is 8.12. The van der Waals surface area contributed by atoms with Crippen molar-refractivity contribution in [1.29, 1.82) is 0 Å². The van der Waals surface area contributed by atoms with Crippen LogP contribution in [0.2, 0.25) is 0 Å². The standard InChI is InChI=1S/C10H13NO3/c1-2-9-11-7-5-6(10(12)13)3-4-8(7)14-9/h6H,2-5H2,1H3,(H,12,13). The maximum Gasteiger partial charge on any atom is 0.306 e. The first-order valence-corrected chi connectivity index (χ1v) is 4.91. The average molecular weight is 195 g/mol. The van der Waals surface area contributed by atoms with Gasteiger partial charge in [0, 0.05) is 19.3 Å². The van der Waals surface area contributed by atoms with Gasteiger partial charge in [0.25, 0.3) is 0 Å². The largest absolute Gasteiger partial charge is 0.481 e. The van der Waals surface area contributed by atoms with E-state index in [9.17, 15) is 4.79 Å². The normalized spacial score (nSPS) is 20.5. The van der Waals surface area contributed by atoms with Gasteiger partial charge in [0.15, 0.2) is 5.89 Å². The van der Waals surface area contributed by atoms with Crippen LogP contribution in [-0.4, -0.2) is 16.1 Å². The third kappa shape index (κ3) is 1.52. The Morgan fingerprint density at radius 2 is 2.50 bits per heavy atom. The van der Waals surface area contributed by atoms with E-state index in [0.29, 0.717) is 19.3 Å². The van der Waals surface area contributed by atoms with E-state index in [0.717, 1.165) is 23.8 Å². The molecule has 76 valence electrons. The van der Waals surface area contributed by atoms with Crippen molar-refractivity contribution in [3.8, 4) is 0 Å². The minimum atomic E-state index is -0.725. The maximum absolute atomic E-state index is 10.8. The molecule has 1 atom stereocenters. The first-order valence-electron chi connectivity index (χ1n) is 4.91. The third-order valence-electron chi connectivity index (χ3n) is 2.63. The highest BCUT2D eigenvalue weighted by atomic mass is 16.4. The number of hydrogen-bond acceptors (Lipinski definition) is 3. The summed E-state index contributed by atoms with van der Waals surface area (Å²) in [5.41, 5.74) is 0.848. The molecule has 14 heavy (non-hydrogen) atoms. The second-order valence-corrected chi connectivity index (χ2v) is 3.61. The Bertz CT molecular complexity index is 356. The van der Waals surface area contributed by atoms with Crippen molar-refractivity contribution in [2.75, 3.05) is 0 Å². The van der Waals surface area contributed by atoms with Crippen LogP contribution in [-0.2, 0) is 24.1 Å². The summed E-state index contributed by atoms with van der Waals surface area (Å²) in [4.78, 5) is 15.1.